The molecule has 2 rings (SSSR count). The maximum atomic E-state index is 5.82. The van der Waals surface area contributed by atoms with Gasteiger partial charge in [0, 0.05) is 11.8 Å². The topological polar surface area (TPSA) is 35.2 Å². The number of rotatable bonds is 4. The van der Waals surface area contributed by atoms with Crippen molar-refractivity contribution in [3.63, 3.8) is 0 Å². The van der Waals surface area contributed by atoms with E-state index >= 15 is 0 Å². The van der Waals surface area contributed by atoms with Gasteiger partial charge in [0.1, 0.15) is 12.4 Å². The summed E-state index contributed by atoms with van der Waals surface area (Å²) in [4.78, 5) is 0. The number of ether oxygens (including phenoxy) is 1. The van der Waals surface area contributed by atoms with Crippen molar-refractivity contribution in [1.29, 1.82) is 0 Å². The van der Waals surface area contributed by atoms with Gasteiger partial charge in [-0.05, 0) is 35.6 Å². The van der Waals surface area contributed by atoms with E-state index in [2.05, 4.69) is 38.1 Å². The highest BCUT2D eigenvalue weighted by Gasteiger charge is 2.02. The smallest absolute Gasteiger partial charge is 0.124 e. The van der Waals surface area contributed by atoms with Crippen molar-refractivity contribution in [3.8, 4) is 5.75 Å². The molecule has 0 saturated heterocycles. The van der Waals surface area contributed by atoms with E-state index in [4.69, 9.17) is 10.5 Å². The van der Waals surface area contributed by atoms with E-state index in [1.807, 2.05) is 25.1 Å². The zero-order valence-corrected chi connectivity index (χ0v) is 11.8. The molecule has 0 unspecified atom stereocenters. The molecule has 2 nitrogen and oxygen atoms in total. The summed E-state index contributed by atoms with van der Waals surface area (Å²) in [5.41, 5.74) is 10.1. The molecule has 0 aliphatic carbocycles. The number of nitrogens with two attached hydrogens (primary N) is 1. The number of aryl methyl sites for hydroxylation is 1. The molecule has 2 N–H and O–H groups in total. The Balaban J connectivity index is 2.04. The maximum absolute atomic E-state index is 5.82. The molecule has 0 aliphatic heterocycles. The zero-order chi connectivity index (χ0) is 13.8. The SMILES string of the molecule is Cc1ccc(N)cc1OCc1ccc(C(C)C)cc1. The average Bonchev–Trinajstić information content (AvgIpc) is 2.40. The molecule has 0 saturated carbocycles. The Bertz CT molecular complexity index is 544. The van der Waals surface area contributed by atoms with Crippen molar-refractivity contribution in [1.82, 2.24) is 0 Å². The lowest BCUT2D eigenvalue weighted by molar-refractivity contribution is 0.304. The van der Waals surface area contributed by atoms with Crippen molar-refractivity contribution in [2.45, 2.75) is 33.3 Å². The number of hydrogen-bond acceptors (Lipinski definition) is 2. The monoisotopic (exact) mass is 255 g/mol. The summed E-state index contributed by atoms with van der Waals surface area (Å²) < 4.78 is 5.82. The fraction of sp³-hybridized carbons (Fsp3) is 0.294. The molecule has 0 bridgehead atoms. The second-order valence-electron chi connectivity index (χ2n) is 5.21. The third-order valence-electron chi connectivity index (χ3n) is 3.25. The normalized spacial score (nSPS) is 10.7. The van der Waals surface area contributed by atoms with Gasteiger partial charge in [-0.1, -0.05) is 44.2 Å². The molecule has 100 valence electrons. The minimum atomic E-state index is 0.561. The van der Waals surface area contributed by atoms with Gasteiger partial charge in [-0.2, -0.15) is 0 Å². The summed E-state index contributed by atoms with van der Waals surface area (Å²) in [6.45, 7) is 6.99. The molecule has 0 fully saturated rings. The Hall–Kier alpha value is -1.96. The van der Waals surface area contributed by atoms with Gasteiger partial charge < -0.3 is 10.5 Å². The van der Waals surface area contributed by atoms with Crippen LogP contribution in [0.3, 0.4) is 0 Å². The third kappa shape index (κ3) is 3.50. The first kappa shape index (κ1) is 13.5. The van der Waals surface area contributed by atoms with Gasteiger partial charge in [-0.15, -0.1) is 0 Å². The molecule has 0 spiro atoms. The molecule has 2 heteroatoms. The lowest BCUT2D eigenvalue weighted by Crippen LogP contribution is -1.98. The molecule has 2 aromatic rings. The van der Waals surface area contributed by atoms with Crippen LogP contribution in [0.4, 0.5) is 5.69 Å². The van der Waals surface area contributed by atoms with Crippen LogP contribution in [-0.2, 0) is 6.61 Å². The summed E-state index contributed by atoms with van der Waals surface area (Å²) in [5.74, 6) is 1.42. The van der Waals surface area contributed by atoms with Crippen LogP contribution in [0.15, 0.2) is 42.5 Å². The number of anilines is 1. The summed E-state index contributed by atoms with van der Waals surface area (Å²) in [7, 11) is 0. The van der Waals surface area contributed by atoms with E-state index in [9.17, 15) is 0 Å². The first-order valence-electron chi connectivity index (χ1n) is 6.64. The number of nitrogen functional groups attached to an aromatic ring is 1. The van der Waals surface area contributed by atoms with Crippen molar-refractivity contribution in [2.24, 2.45) is 0 Å². The van der Waals surface area contributed by atoms with E-state index in [0.29, 0.717) is 12.5 Å². The minimum absolute atomic E-state index is 0.561. The van der Waals surface area contributed by atoms with Crippen molar-refractivity contribution >= 4 is 5.69 Å². The first-order valence-corrected chi connectivity index (χ1v) is 6.64. The Morgan fingerprint density at radius 1 is 1.05 bits per heavy atom. The molecule has 0 aromatic heterocycles. The Labute approximate surface area is 115 Å². The van der Waals surface area contributed by atoms with E-state index in [-0.39, 0.29) is 0 Å². The average molecular weight is 255 g/mol. The Morgan fingerprint density at radius 3 is 2.37 bits per heavy atom. The number of benzene rings is 2. The van der Waals surface area contributed by atoms with Crippen LogP contribution in [0.5, 0.6) is 5.75 Å². The molecule has 0 heterocycles. The molecule has 0 atom stereocenters. The van der Waals surface area contributed by atoms with Crippen LogP contribution in [0.2, 0.25) is 0 Å². The van der Waals surface area contributed by atoms with Crippen molar-refractivity contribution in [3.05, 3.63) is 59.2 Å². The van der Waals surface area contributed by atoms with Crippen LogP contribution in [0.1, 0.15) is 36.5 Å². The molecule has 0 amide bonds. The summed E-state index contributed by atoms with van der Waals surface area (Å²) >= 11 is 0. The molecule has 2 aromatic carbocycles. The van der Waals surface area contributed by atoms with Gasteiger partial charge in [-0.25, -0.2) is 0 Å². The van der Waals surface area contributed by atoms with Gasteiger partial charge in [0.2, 0.25) is 0 Å². The van der Waals surface area contributed by atoms with E-state index in [0.717, 1.165) is 17.0 Å². The first-order chi connectivity index (χ1) is 9.06. The molecule has 0 radical (unpaired) electrons. The fourth-order valence-corrected chi connectivity index (χ4v) is 1.93. The van der Waals surface area contributed by atoms with Crippen LogP contribution in [0, 0.1) is 6.92 Å². The minimum Gasteiger partial charge on any atom is -0.489 e. The zero-order valence-electron chi connectivity index (χ0n) is 11.8. The van der Waals surface area contributed by atoms with Gasteiger partial charge in [0.25, 0.3) is 0 Å². The summed E-state index contributed by atoms with van der Waals surface area (Å²) in [6.07, 6.45) is 0. The molecular formula is C17H21NO. The second kappa shape index (κ2) is 5.79. The van der Waals surface area contributed by atoms with Gasteiger partial charge in [0.15, 0.2) is 0 Å². The quantitative estimate of drug-likeness (QED) is 0.828. The van der Waals surface area contributed by atoms with Crippen molar-refractivity contribution in [2.75, 3.05) is 5.73 Å². The standard InChI is InChI=1S/C17H21NO/c1-12(2)15-7-5-14(6-8-15)11-19-17-10-16(18)9-4-13(17)3/h4-10,12H,11,18H2,1-3H3. The van der Waals surface area contributed by atoms with E-state index in [1.165, 1.54) is 11.1 Å². The highest BCUT2D eigenvalue weighted by molar-refractivity contribution is 5.48. The second-order valence-corrected chi connectivity index (χ2v) is 5.21. The summed E-state index contributed by atoms with van der Waals surface area (Å²) in [6, 6.07) is 14.3. The lowest BCUT2D eigenvalue weighted by atomic mass is 10.0. The van der Waals surface area contributed by atoms with E-state index < -0.39 is 0 Å². The van der Waals surface area contributed by atoms with Crippen LogP contribution in [0.25, 0.3) is 0 Å². The summed E-state index contributed by atoms with van der Waals surface area (Å²) in [5, 5.41) is 0. The lowest BCUT2D eigenvalue weighted by Gasteiger charge is -2.11. The molecule has 19 heavy (non-hydrogen) atoms. The predicted molar refractivity (Wildman–Crippen MR) is 80.5 cm³/mol. The largest absolute Gasteiger partial charge is 0.489 e. The molecule has 0 aliphatic rings. The van der Waals surface area contributed by atoms with E-state index in [1.54, 1.807) is 0 Å². The molecular weight excluding hydrogens is 234 g/mol. The maximum Gasteiger partial charge on any atom is 0.124 e. The highest BCUT2D eigenvalue weighted by atomic mass is 16.5. The highest BCUT2D eigenvalue weighted by Crippen LogP contribution is 2.22. The third-order valence-corrected chi connectivity index (χ3v) is 3.25. The van der Waals surface area contributed by atoms with Crippen LogP contribution >= 0.6 is 0 Å². The van der Waals surface area contributed by atoms with Crippen LogP contribution < -0.4 is 10.5 Å². The van der Waals surface area contributed by atoms with Crippen molar-refractivity contribution < 1.29 is 4.74 Å². The fourth-order valence-electron chi connectivity index (χ4n) is 1.93. The van der Waals surface area contributed by atoms with Gasteiger partial charge in [0.05, 0.1) is 0 Å². The van der Waals surface area contributed by atoms with Gasteiger partial charge in [-0.3, -0.25) is 0 Å². The Kier molecular flexibility index (Phi) is 4.10. The van der Waals surface area contributed by atoms with Crippen LogP contribution in [-0.4, -0.2) is 0 Å². The Morgan fingerprint density at radius 2 is 1.74 bits per heavy atom. The number of hydrogen-bond donors (Lipinski definition) is 1. The van der Waals surface area contributed by atoms with Gasteiger partial charge >= 0.3 is 0 Å². The predicted octanol–water partition coefficient (Wildman–Crippen LogP) is 4.28.